The van der Waals surface area contributed by atoms with Crippen LogP contribution >= 0.6 is 11.3 Å². The molecule has 16 aromatic rings. The fourth-order valence-electron chi connectivity index (χ4n) is 15.6. The molecule has 2 aliphatic carbocycles. The van der Waals surface area contributed by atoms with Gasteiger partial charge in [0, 0.05) is 87.7 Å². The summed E-state index contributed by atoms with van der Waals surface area (Å²) in [4.78, 5) is 6.08. The molecular weight excluding hydrogens is 1120 g/mol. The second-order valence-corrected chi connectivity index (χ2v) is 25.7. The molecule has 4 heterocycles. The maximum atomic E-state index is 7.03. The number of para-hydroxylation sites is 5. The molecule has 0 amide bonds. The third-order valence-corrected chi connectivity index (χ3v) is 20.6. The molecule has 13 aromatic carbocycles. The average molecular weight is 1170 g/mol. The van der Waals surface area contributed by atoms with Crippen LogP contribution in [-0.2, 0) is 10.8 Å². The summed E-state index contributed by atoms with van der Waals surface area (Å²) in [5, 5.41) is 5.54. The van der Waals surface area contributed by atoms with Crippen molar-refractivity contribution in [2.45, 2.75) is 24.7 Å². The predicted molar refractivity (Wildman–Crippen MR) is 372 cm³/mol. The molecule has 0 saturated heterocycles. The zero-order valence-electron chi connectivity index (χ0n) is 49.2. The molecule has 0 unspecified atom stereocenters. The third kappa shape index (κ3) is 7.31. The van der Waals surface area contributed by atoms with Gasteiger partial charge in [0.2, 0.25) is 0 Å². The van der Waals surface area contributed by atoms with Crippen LogP contribution in [0.5, 0.6) is 11.5 Å². The predicted octanol–water partition coefficient (Wildman–Crippen LogP) is 23.7. The minimum atomic E-state index is -0.842. The van der Waals surface area contributed by atoms with Crippen LogP contribution in [-0.4, -0.2) is 0 Å². The molecule has 0 saturated carbocycles. The monoisotopic (exact) mass is 1170 g/mol. The topological polar surface area (TPSA) is 42.0 Å². The zero-order chi connectivity index (χ0) is 59.4. The third-order valence-electron chi connectivity index (χ3n) is 19.5. The number of nitrogens with zero attached hydrogens (tertiary/aromatic N) is 2. The fraction of sp³-hybridized carbons (Fsp3) is 0.0476. The molecule has 5 nitrogen and oxygen atoms in total. The Hall–Kier alpha value is -11.2. The lowest BCUT2D eigenvalue weighted by Crippen LogP contribution is -2.32. The normalized spacial score (nSPS) is 13.7. The molecule has 3 aliphatic rings. The maximum absolute atomic E-state index is 7.03. The summed E-state index contributed by atoms with van der Waals surface area (Å²) in [6, 6.07) is 107. The van der Waals surface area contributed by atoms with Crippen LogP contribution in [0.1, 0.15) is 47.2 Å². The van der Waals surface area contributed by atoms with Crippen LogP contribution in [0.3, 0.4) is 0 Å². The second-order valence-electron chi connectivity index (χ2n) is 24.7. The number of benzene rings is 13. The largest absolute Gasteiger partial charge is 0.457 e. The number of thiophene rings is 1. The second kappa shape index (κ2) is 19.2. The molecule has 0 fully saturated rings. The van der Waals surface area contributed by atoms with Crippen molar-refractivity contribution in [2.75, 3.05) is 9.80 Å². The Kier molecular flexibility index (Phi) is 10.8. The van der Waals surface area contributed by atoms with Crippen molar-refractivity contribution in [2.24, 2.45) is 0 Å². The summed E-state index contributed by atoms with van der Waals surface area (Å²) < 4.78 is 21.6. The Bertz CT molecular complexity index is 5590. The van der Waals surface area contributed by atoms with E-state index in [1.807, 2.05) is 17.4 Å². The van der Waals surface area contributed by atoms with Gasteiger partial charge in [-0.2, -0.15) is 0 Å². The van der Waals surface area contributed by atoms with E-state index in [-0.39, 0.29) is 5.41 Å². The van der Waals surface area contributed by atoms with Crippen LogP contribution in [0, 0.1) is 0 Å². The molecule has 90 heavy (non-hydrogen) atoms. The lowest BCUT2D eigenvalue weighted by molar-refractivity contribution is 0.436. The number of anilines is 6. The highest BCUT2D eigenvalue weighted by molar-refractivity contribution is 7.22. The Morgan fingerprint density at radius 3 is 1.60 bits per heavy atom. The molecule has 1 aliphatic heterocycles. The first kappa shape index (κ1) is 50.9. The van der Waals surface area contributed by atoms with Gasteiger partial charge in [-0.3, -0.25) is 0 Å². The molecule has 0 radical (unpaired) electrons. The van der Waals surface area contributed by atoms with Crippen molar-refractivity contribution in [1.29, 1.82) is 0 Å². The molecule has 6 heteroatoms. The highest BCUT2D eigenvalue weighted by Gasteiger charge is 2.52. The highest BCUT2D eigenvalue weighted by Crippen LogP contribution is 2.64. The fourth-order valence-corrected chi connectivity index (χ4v) is 16.7. The van der Waals surface area contributed by atoms with Crippen LogP contribution in [0.2, 0.25) is 0 Å². The minimum Gasteiger partial charge on any atom is -0.457 e. The van der Waals surface area contributed by atoms with Crippen LogP contribution in [0.25, 0.3) is 97.8 Å². The van der Waals surface area contributed by atoms with E-state index >= 15 is 0 Å². The number of furan rings is 2. The van der Waals surface area contributed by atoms with E-state index in [0.717, 1.165) is 112 Å². The molecule has 19 rings (SSSR count). The van der Waals surface area contributed by atoms with Crippen LogP contribution in [0.15, 0.2) is 300 Å². The van der Waals surface area contributed by atoms with Crippen molar-refractivity contribution in [3.63, 3.8) is 0 Å². The van der Waals surface area contributed by atoms with Crippen molar-refractivity contribution < 1.29 is 13.6 Å². The van der Waals surface area contributed by atoms with Gasteiger partial charge in [0.25, 0.3) is 0 Å². The summed E-state index contributed by atoms with van der Waals surface area (Å²) in [7, 11) is 0. The molecule has 0 atom stereocenters. The molecule has 0 bridgehead atoms. The van der Waals surface area contributed by atoms with Gasteiger partial charge < -0.3 is 23.4 Å². The van der Waals surface area contributed by atoms with Crippen molar-refractivity contribution in [1.82, 2.24) is 0 Å². The van der Waals surface area contributed by atoms with Crippen molar-refractivity contribution in [3.05, 3.63) is 325 Å². The number of rotatable bonds is 8. The lowest BCUT2D eigenvalue weighted by atomic mass is 9.66. The van der Waals surface area contributed by atoms with E-state index in [4.69, 9.17) is 13.6 Å². The first-order valence-corrected chi connectivity index (χ1v) is 31.7. The Morgan fingerprint density at radius 2 is 0.856 bits per heavy atom. The van der Waals surface area contributed by atoms with Gasteiger partial charge in [0.15, 0.2) is 0 Å². The van der Waals surface area contributed by atoms with Crippen molar-refractivity contribution >= 4 is 99.4 Å². The van der Waals surface area contributed by atoms with Gasteiger partial charge in [-0.25, -0.2) is 0 Å². The van der Waals surface area contributed by atoms with Crippen LogP contribution < -0.4 is 14.5 Å². The van der Waals surface area contributed by atoms with E-state index in [2.05, 4.69) is 309 Å². The average Bonchev–Trinajstić information content (AvgIpc) is 1.47. The van der Waals surface area contributed by atoms with Gasteiger partial charge in [0.05, 0.1) is 11.1 Å². The van der Waals surface area contributed by atoms with Crippen molar-refractivity contribution in [3.8, 4) is 55.3 Å². The summed E-state index contributed by atoms with van der Waals surface area (Å²) in [6.07, 6.45) is 0. The number of hydrogen-bond acceptors (Lipinski definition) is 6. The Labute approximate surface area is 524 Å². The molecule has 424 valence electrons. The van der Waals surface area contributed by atoms with Gasteiger partial charge in [-0.05, 0) is 170 Å². The summed E-state index contributed by atoms with van der Waals surface area (Å²) in [5.74, 6) is 1.66. The van der Waals surface area contributed by atoms with Gasteiger partial charge in [0.1, 0.15) is 33.8 Å². The number of ether oxygens (including phenoxy) is 1. The smallest absolute Gasteiger partial charge is 0.137 e. The van der Waals surface area contributed by atoms with E-state index in [9.17, 15) is 0 Å². The molecule has 0 N–H and O–H groups in total. The van der Waals surface area contributed by atoms with E-state index in [1.54, 1.807) is 0 Å². The number of fused-ring (bicyclic) bond motifs is 19. The van der Waals surface area contributed by atoms with Crippen LogP contribution in [0.4, 0.5) is 34.1 Å². The van der Waals surface area contributed by atoms with Gasteiger partial charge >= 0.3 is 0 Å². The summed E-state index contributed by atoms with van der Waals surface area (Å²) >= 11 is 1.83. The van der Waals surface area contributed by atoms with E-state index < -0.39 is 5.41 Å². The lowest BCUT2D eigenvalue weighted by Gasteiger charge is -2.40. The zero-order valence-corrected chi connectivity index (χ0v) is 50.1. The molecular formula is C84H54N2O3S. The first-order chi connectivity index (χ1) is 44.3. The standard InChI is InChI=1S/C84H54N2O3S/c1-83(2)68-30-10-7-25-59(68)64-29-19-28-58(82(64)83)51-21-18-24-54(44-51)85(55-40-43-76-65(46-55)62-26-8-13-33-74(62)87-76)56-38-41-60-61-42-39-57(48-72(61)84(71(60)47-56)69-31-11-15-35-77(69)89-78-36-16-12-32-70(78)84)86(53-22-4-3-5-23-53)73-50-79-66(63-27-9-14-34-75(63)88-79)49-67(73)81-45-52-20-6-17-37-80(52)90-81/h3-50H,1-2H3. The van der Waals surface area contributed by atoms with E-state index in [1.165, 1.54) is 65.0 Å². The Balaban J connectivity index is 0.851. The van der Waals surface area contributed by atoms with Gasteiger partial charge in [-0.15, -0.1) is 11.3 Å². The minimum absolute atomic E-state index is 0.202. The molecule has 1 spiro atoms. The summed E-state index contributed by atoms with van der Waals surface area (Å²) in [5.41, 5.74) is 24.2. The number of hydrogen-bond donors (Lipinski definition) is 0. The summed E-state index contributed by atoms with van der Waals surface area (Å²) in [6.45, 7) is 4.75. The van der Waals surface area contributed by atoms with E-state index in [0.29, 0.717) is 0 Å². The SMILES string of the molecule is CC1(C)c2ccccc2-c2cccc(-c3cccc(N(c4ccc5c(c4)C4(c6ccccc6Oc6ccccc64)c4cc(N(c6ccccc6)c6cc7oc8ccccc8c7cc6-c6cc7ccccc7s6)ccc4-5)c4ccc5oc6ccccc6c5c4)c3)c21. The van der Waals surface area contributed by atoms with Gasteiger partial charge in [-0.1, -0.05) is 190 Å². The first-order valence-electron chi connectivity index (χ1n) is 30.9. The quantitative estimate of drug-likeness (QED) is 0.152. The Morgan fingerprint density at radius 1 is 0.322 bits per heavy atom. The highest BCUT2D eigenvalue weighted by atomic mass is 32.1. The molecule has 3 aromatic heterocycles. The maximum Gasteiger partial charge on any atom is 0.137 e.